The summed E-state index contributed by atoms with van der Waals surface area (Å²) in [4.78, 5) is 4.63. The van der Waals surface area contributed by atoms with Crippen molar-refractivity contribution in [2.75, 3.05) is 0 Å². The minimum absolute atomic E-state index is 0.487. The van der Waals surface area contributed by atoms with Gasteiger partial charge in [-0.3, -0.25) is 4.40 Å². The first-order chi connectivity index (χ1) is 6.61. The zero-order valence-corrected chi connectivity index (χ0v) is 10.7. The highest BCUT2D eigenvalue weighted by molar-refractivity contribution is 14.1. The highest BCUT2D eigenvalue weighted by Crippen LogP contribution is 2.23. The van der Waals surface area contributed by atoms with Crippen LogP contribution in [-0.4, -0.2) is 9.38 Å². The summed E-state index contributed by atoms with van der Waals surface area (Å²) < 4.78 is 3.45. The van der Waals surface area contributed by atoms with E-state index >= 15 is 0 Å². The van der Waals surface area contributed by atoms with Crippen molar-refractivity contribution < 1.29 is 0 Å². The smallest absolute Gasteiger partial charge is 0.138 e. The lowest BCUT2D eigenvalue weighted by Gasteiger charge is -2.02. The minimum atomic E-state index is 0.487. The van der Waals surface area contributed by atoms with Crippen LogP contribution in [0.3, 0.4) is 0 Å². The van der Waals surface area contributed by atoms with Crippen LogP contribution in [0.5, 0.6) is 0 Å². The van der Waals surface area contributed by atoms with Crippen LogP contribution in [0.2, 0.25) is 0 Å². The molecule has 0 unspecified atom stereocenters. The molecule has 3 heteroatoms. The Balaban J connectivity index is 2.81. The van der Waals surface area contributed by atoms with Gasteiger partial charge in [-0.05, 0) is 47.6 Å². The number of rotatable bonds is 1. The molecular formula is C11H13IN2. The second kappa shape index (κ2) is 3.53. The number of imidazole rings is 1. The second-order valence-electron chi connectivity index (χ2n) is 3.80. The zero-order chi connectivity index (χ0) is 10.3. The van der Waals surface area contributed by atoms with Gasteiger partial charge in [0.2, 0.25) is 0 Å². The molecule has 14 heavy (non-hydrogen) atoms. The van der Waals surface area contributed by atoms with E-state index in [4.69, 9.17) is 0 Å². The van der Waals surface area contributed by atoms with Crippen LogP contribution in [0.25, 0.3) is 5.65 Å². The third-order valence-electron chi connectivity index (χ3n) is 2.35. The van der Waals surface area contributed by atoms with Crippen LogP contribution in [0.1, 0.15) is 31.2 Å². The van der Waals surface area contributed by atoms with E-state index in [2.05, 4.69) is 70.9 Å². The molecule has 0 aliphatic heterocycles. The largest absolute Gasteiger partial charge is 0.292 e. The Morgan fingerprint density at radius 2 is 2.07 bits per heavy atom. The molecule has 0 spiro atoms. The zero-order valence-electron chi connectivity index (χ0n) is 8.58. The van der Waals surface area contributed by atoms with Crippen molar-refractivity contribution in [1.82, 2.24) is 9.38 Å². The van der Waals surface area contributed by atoms with Crippen LogP contribution < -0.4 is 0 Å². The van der Waals surface area contributed by atoms with Gasteiger partial charge in [0.25, 0.3) is 0 Å². The van der Waals surface area contributed by atoms with Gasteiger partial charge in [-0.15, -0.1) is 0 Å². The lowest BCUT2D eigenvalue weighted by atomic mass is 10.2. The maximum Gasteiger partial charge on any atom is 0.138 e. The van der Waals surface area contributed by atoms with Crippen LogP contribution in [0.4, 0.5) is 0 Å². The molecule has 0 saturated carbocycles. The molecule has 2 aromatic heterocycles. The number of pyridine rings is 1. The van der Waals surface area contributed by atoms with E-state index in [0.29, 0.717) is 5.92 Å². The van der Waals surface area contributed by atoms with Crippen molar-refractivity contribution in [3.63, 3.8) is 0 Å². The molecule has 0 atom stereocenters. The lowest BCUT2D eigenvalue weighted by molar-refractivity contribution is 0.824. The molecule has 2 heterocycles. The van der Waals surface area contributed by atoms with Crippen molar-refractivity contribution in [2.24, 2.45) is 0 Å². The van der Waals surface area contributed by atoms with E-state index in [9.17, 15) is 0 Å². The quantitative estimate of drug-likeness (QED) is 0.738. The molecule has 2 nitrogen and oxygen atoms in total. The highest BCUT2D eigenvalue weighted by Gasteiger charge is 2.12. The van der Waals surface area contributed by atoms with Crippen LogP contribution in [0, 0.1) is 10.6 Å². The fourth-order valence-corrected chi connectivity index (χ4v) is 2.97. The van der Waals surface area contributed by atoms with Crippen molar-refractivity contribution in [3.05, 3.63) is 33.3 Å². The third-order valence-corrected chi connectivity index (χ3v) is 3.39. The SMILES string of the molecule is Cc1cccc2nc(C(C)C)c(I)n12. The monoisotopic (exact) mass is 300 g/mol. The number of hydrogen-bond donors (Lipinski definition) is 0. The summed E-state index contributed by atoms with van der Waals surface area (Å²) in [5.74, 6) is 0.487. The summed E-state index contributed by atoms with van der Waals surface area (Å²) in [5.41, 5.74) is 3.49. The standard InChI is InChI=1S/C11H13IN2/c1-7(2)10-11(12)14-8(3)5-4-6-9(14)13-10/h4-7H,1-3H3. The van der Waals surface area contributed by atoms with E-state index in [1.165, 1.54) is 15.1 Å². The molecule has 74 valence electrons. The molecule has 2 aromatic rings. The molecular weight excluding hydrogens is 287 g/mol. The summed E-state index contributed by atoms with van der Waals surface area (Å²) in [6.45, 7) is 6.47. The van der Waals surface area contributed by atoms with E-state index in [1.54, 1.807) is 0 Å². The summed E-state index contributed by atoms with van der Waals surface area (Å²) in [7, 11) is 0. The Morgan fingerprint density at radius 1 is 1.36 bits per heavy atom. The lowest BCUT2D eigenvalue weighted by Crippen LogP contribution is -1.94. The van der Waals surface area contributed by atoms with Crippen molar-refractivity contribution in [3.8, 4) is 0 Å². The van der Waals surface area contributed by atoms with E-state index in [0.717, 1.165) is 5.65 Å². The van der Waals surface area contributed by atoms with Gasteiger partial charge in [-0.25, -0.2) is 4.98 Å². The summed E-state index contributed by atoms with van der Waals surface area (Å²) in [6, 6.07) is 6.22. The number of hydrogen-bond acceptors (Lipinski definition) is 1. The van der Waals surface area contributed by atoms with Gasteiger partial charge >= 0.3 is 0 Å². The fraction of sp³-hybridized carbons (Fsp3) is 0.364. The molecule has 0 bridgehead atoms. The van der Waals surface area contributed by atoms with E-state index in [1.807, 2.05) is 0 Å². The normalized spacial score (nSPS) is 11.5. The predicted octanol–water partition coefficient (Wildman–Crippen LogP) is 3.37. The fourth-order valence-electron chi connectivity index (χ4n) is 1.60. The summed E-state index contributed by atoms with van der Waals surface area (Å²) in [5, 5.41) is 0. The van der Waals surface area contributed by atoms with Gasteiger partial charge < -0.3 is 0 Å². The molecule has 0 aliphatic rings. The summed E-state index contributed by atoms with van der Waals surface area (Å²) >= 11 is 2.38. The van der Waals surface area contributed by atoms with Crippen LogP contribution in [-0.2, 0) is 0 Å². The molecule has 0 aromatic carbocycles. The van der Waals surface area contributed by atoms with Crippen LogP contribution >= 0.6 is 22.6 Å². The number of fused-ring (bicyclic) bond motifs is 1. The van der Waals surface area contributed by atoms with Gasteiger partial charge in [-0.1, -0.05) is 19.9 Å². The number of halogens is 1. The Bertz CT molecular complexity index is 471. The Kier molecular flexibility index (Phi) is 2.51. The van der Waals surface area contributed by atoms with Gasteiger partial charge in [0, 0.05) is 5.69 Å². The average molecular weight is 300 g/mol. The maximum atomic E-state index is 4.63. The van der Waals surface area contributed by atoms with Gasteiger partial charge in [-0.2, -0.15) is 0 Å². The highest BCUT2D eigenvalue weighted by atomic mass is 127. The summed E-state index contributed by atoms with van der Waals surface area (Å²) in [6.07, 6.45) is 0. The van der Waals surface area contributed by atoms with Crippen molar-refractivity contribution in [2.45, 2.75) is 26.7 Å². The van der Waals surface area contributed by atoms with Gasteiger partial charge in [0.05, 0.1) is 5.69 Å². The van der Waals surface area contributed by atoms with Crippen molar-refractivity contribution in [1.29, 1.82) is 0 Å². The molecule has 0 N–H and O–H groups in total. The number of nitrogens with zero attached hydrogens (tertiary/aromatic N) is 2. The third kappa shape index (κ3) is 1.43. The molecule has 0 fully saturated rings. The van der Waals surface area contributed by atoms with Gasteiger partial charge in [0.15, 0.2) is 0 Å². The first-order valence-corrected chi connectivity index (χ1v) is 5.82. The molecule has 2 rings (SSSR count). The first-order valence-electron chi connectivity index (χ1n) is 4.74. The average Bonchev–Trinajstić information content (AvgIpc) is 2.45. The number of aryl methyl sites for hydroxylation is 1. The van der Waals surface area contributed by atoms with Crippen molar-refractivity contribution >= 4 is 28.2 Å². The Hall–Kier alpha value is -0.580. The first kappa shape index (κ1) is 9.96. The van der Waals surface area contributed by atoms with E-state index in [-0.39, 0.29) is 0 Å². The molecule has 0 aliphatic carbocycles. The topological polar surface area (TPSA) is 17.3 Å². The minimum Gasteiger partial charge on any atom is -0.292 e. The van der Waals surface area contributed by atoms with Gasteiger partial charge in [0.1, 0.15) is 9.35 Å². The molecule has 0 saturated heterocycles. The second-order valence-corrected chi connectivity index (χ2v) is 4.83. The maximum absolute atomic E-state index is 4.63. The Labute approximate surface area is 97.5 Å². The van der Waals surface area contributed by atoms with Crippen LogP contribution in [0.15, 0.2) is 18.2 Å². The van der Waals surface area contributed by atoms with E-state index < -0.39 is 0 Å². The molecule has 0 radical (unpaired) electrons. The molecule has 0 amide bonds. The number of aromatic nitrogens is 2. The predicted molar refractivity (Wildman–Crippen MR) is 66.7 cm³/mol. The Morgan fingerprint density at radius 3 is 2.64 bits per heavy atom.